The lowest BCUT2D eigenvalue weighted by atomic mass is 9.96. The summed E-state index contributed by atoms with van der Waals surface area (Å²) in [5.74, 6) is 4.01. The van der Waals surface area contributed by atoms with E-state index in [1.54, 1.807) is 0 Å². The molecule has 1 aliphatic carbocycles. The van der Waals surface area contributed by atoms with Gasteiger partial charge in [-0.2, -0.15) is 11.8 Å². The Balaban J connectivity index is 1.90. The lowest BCUT2D eigenvalue weighted by molar-refractivity contribution is -0.135. The lowest BCUT2D eigenvalue weighted by Crippen LogP contribution is -2.44. The van der Waals surface area contributed by atoms with E-state index in [0.29, 0.717) is 23.8 Å². The average molecular weight is 284 g/mol. The van der Waals surface area contributed by atoms with E-state index in [1.165, 1.54) is 37.2 Å². The fourth-order valence-corrected chi connectivity index (χ4v) is 4.82. The molecule has 1 saturated heterocycles. The molecule has 0 aromatic rings. The Hall–Kier alpha value is -0.220. The molecule has 2 aliphatic rings. The van der Waals surface area contributed by atoms with Crippen LogP contribution < -0.4 is 5.73 Å². The summed E-state index contributed by atoms with van der Waals surface area (Å²) in [6.07, 6.45) is 6.80. The first-order valence-corrected chi connectivity index (χ1v) is 8.99. The summed E-state index contributed by atoms with van der Waals surface area (Å²) in [5, 5.41) is 0. The number of nitrogens with two attached hydrogens (primary N) is 1. The number of amides is 1. The number of thioether (sulfide) groups is 1. The minimum Gasteiger partial charge on any atom is -0.340 e. The van der Waals surface area contributed by atoms with Crippen LogP contribution in [-0.4, -0.2) is 41.4 Å². The molecule has 0 radical (unpaired) electrons. The molecule has 1 amide bonds. The van der Waals surface area contributed by atoms with E-state index in [2.05, 4.69) is 11.8 Å². The second-order valence-corrected chi connectivity index (χ2v) is 7.16. The minimum absolute atomic E-state index is 0.379. The zero-order valence-corrected chi connectivity index (χ0v) is 13.0. The van der Waals surface area contributed by atoms with E-state index in [4.69, 9.17) is 5.73 Å². The van der Waals surface area contributed by atoms with Crippen molar-refractivity contribution in [1.29, 1.82) is 0 Å². The highest BCUT2D eigenvalue weighted by atomic mass is 32.2. The summed E-state index contributed by atoms with van der Waals surface area (Å²) in [6, 6.07) is 0.417. The third kappa shape index (κ3) is 3.88. The predicted molar refractivity (Wildman–Crippen MR) is 82.2 cm³/mol. The molecule has 2 rings (SSSR count). The van der Waals surface area contributed by atoms with Gasteiger partial charge >= 0.3 is 0 Å². The zero-order valence-electron chi connectivity index (χ0n) is 12.1. The van der Waals surface area contributed by atoms with Crippen LogP contribution in [0.1, 0.15) is 45.4 Å². The lowest BCUT2D eigenvalue weighted by Gasteiger charge is -2.33. The first-order valence-electron chi connectivity index (χ1n) is 7.83. The van der Waals surface area contributed by atoms with Crippen molar-refractivity contribution in [1.82, 2.24) is 4.90 Å². The number of carbonyl (C=O) groups excluding carboxylic acids is 1. The maximum absolute atomic E-state index is 12.6. The van der Waals surface area contributed by atoms with E-state index < -0.39 is 0 Å². The number of nitrogens with zero attached hydrogens (tertiary/aromatic N) is 1. The largest absolute Gasteiger partial charge is 0.340 e. The summed E-state index contributed by atoms with van der Waals surface area (Å²) in [7, 11) is 0. The van der Waals surface area contributed by atoms with E-state index in [9.17, 15) is 4.79 Å². The topological polar surface area (TPSA) is 46.3 Å². The Bertz CT molecular complexity index is 292. The van der Waals surface area contributed by atoms with Crippen molar-refractivity contribution in [2.45, 2.75) is 51.5 Å². The molecule has 4 heteroatoms. The molecule has 1 aliphatic heterocycles. The highest BCUT2D eigenvalue weighted by Crippen LogP contribution is 2.31. The molecular weight excluding hydrogens is 256 g/mol. The van der Waals surface area contributed by atoms with E-state index in [1.807, 2.05) is 11.8 Å². The number of rotatable bonds is 5. The van der Waals surface area contributed by atoms with Gasteiger partial charge in [0.1, 0.15) is 0 Å². The van der Waals surface area contributed by atoms with Crippen LogP contribution in [0.3, 0.4) is 0 Å². The minimum atomic E-state index is 0.379. The SMILES string of the molecule is CCN(C(=O)CC1CCSCC1)C1CCCC1CN. The third-order valence-corrected chi connectivity index (χ3v) is 5.84. The Morgan fingerprint density at radius 2 is 2.00 bits per heavy atom. The fraction of sp³-hybridized carbons (Fsp3) is 0.933. The Labute approximate surface area is 121 Å². The van der Waals surface area contributed by atoms with Crippen molar-refractivity contribution in [3.63, 3.8) is 0 Å². The van der Waals surface area contributed by atoms with E-state index >= 15 is 0 Å². The van der Waals surface area contributed by atoms with E-state index in [-0.39, 0.29) is 0 Å². The molecule has 0 aromatic heterocycles. The Morgan fingerprint density at radius 3 is 2.63 bits per heavy atom. The van der Waals surface area contributed by atoms with Crippen LogP contribution in [-0.2, 0) is 4.79 Å². The van der Waals surface area contributed by atoms with Crippen LogP contribution in [0.5, 0.6) is 0 Å². The number of carbonyl (C=O) groups is 1. The molecule has 1 heterocycles. The summed E-state index contributed by atoms with van der Waals surface area (Å²) in [5.41, 5.74) is 5.86. The Morgan fingerprint density at radius 1 is 1.26 bits per heavy atom. The summed E-state index contributed by atoms with van der Waals surface area (Å²) in [4.78, 5) is 14.7. The molecule has 3 nitrogen and oxygen atoms in total. The van der Waals surface area contributed by atoms with Crippen molar-refractivity contribution < 1.29 is 4.79 Å². The van der Waals surface area contributed by atoms with Gasteiger partial charge in [0.25, 0.3) is 0 Å². The van der Waals surface area contributed by atoms with Crippen molar-refractivity contribution in [3.05, 3.63) is 0 Å². The molecule has 2 N–H and O–H groups in total. The van der Waals surface area contributed by atoms with Crippen molar-refractivity contribution in [2.75, 3.05) is 24.6 Å². The molecule has 0 aromatic carbocycles. The summed E-state index contributed by atoms with van der Waals surface area (Å²) < 4.78 is 0. The first-order chi connectivity index (χ1) is 9.26. The van der Waals surface area contributed by atoms with Crippen molar-refractivity contribution in [2.24, 2.45) is 17.6 Å². The second-order valence-electron chi connectivity index (χ2n) is 5.93. The maximum atomic E-state index is 12.6. The quantitative estimate of drug-likeness (QED) is 0.844. The maximum Gasteiger partial charge on any atom is 0.223 e. The van der Waals surface area contributed by atoms with Gasteiger partial charge in [0, 0.05) is 19.0 Å². The predicted octanol–water partition coefficient (Wildman–Crippen LogP) is 2.50. The summed E-state index contributed by atoms with van der Waals surface area (Å²) >= 11 is 2.03. The van der Waals surface area contributed by atoms with Crippen molar-refractivity contribution >= 4 is 17.7 Å². The fourth-order valence-electron chi connectivity index (χ4n) is 3.61. The Kier molecular flexibility index (Phi) is 6.02. The van der Waals surface area contributed by atoms with Gasteiger partial charge in [-0.3, -0.25) is 4.79 Å². The van der Waals surface area contributed by atoms with Gasteiger partial charge in [-0.05, 0) is 62.5 Å². The van der Waals surface area contributed by atoms with Gasteiger partial charge in [-0.25, -0.2) is 0 Å². The second kappa shape index (κ2) is 7.53. The summed E-state index contributed by atoms with van der Waals surface area (Å²) in [6.45, 7) is 3.69. The molecule has 0 spiro atoms. The molecule has 1 saturated carbocycles. The number of hydrogen-bond donors (Lipinski definition) is 1. The van der Waals surface area contributed by atoms with Gasteiger partial charge in [0.15, 0.2) is 0 Å². The van der Waals surface area contributed by atoms with Crippen LogP contribution in [0.2, 0.25) is 0 Å². The van der Waals surface area contributed by atoms with Crippen LogP contribution >= 0.6 is 11.8 Å². The highest BCUT2D eigenvalue weighted by Gasteiger charge is 2.33. The highest BCUT2D eigenvalue weighted by molar-refractivity contribution is 7.99. The third-order valence-electron chi connectivity index (χ3n) is 4.79. The molecule has 2 fully saturated rings. The van der Waals surface area contributed by atoms with Crippen LogP contribution in [0.4, 0.5) is 0 Å². The molecule has 19 heavy (non-hydrogen) atoms. The molecule has 110 valence electrons. The molecule has 0 bridgehead atoms. The van der Waals surface area contributed by atoms with Gasteiger partial charge < -0.3 is 10.6 Å². The average Bonchev–Trinajstić information content (AvgIpc) is 2.89. The molecule has 2 unspecified atom stereocenters. The van der Waals surface area contributed by atoms with Crippen LogP contribution in [0, 0.1) is 11.8 Å². The van der Waals surface area contributed by atoms with Crippen LogP contribution in [0.25, 0.3) is 0 Å². The zero-order chi connectivity index (χ0) is 13.7. The smallest absolute Gasteiger partial charge is 0.223 e. The normalized spacial score (nSPS) is 28.5. The monoisotopic (exact) mass is 284 g/mol. The molecule has 2 atom stereocenters. The first kappa shape index (κ1) is 15.2. The van der Waals surface area contributed by atoms with E-state index in [0.717, 1.165) is 25.9 Å². The standard InChI is InChI=1S/C15H28N2OS/c1-2-17(14-5-3-4-13(14)11-16)15(18)10-12-6-8-19-9-7-12/h12-14H,2-11,16H2,1H3. The molecular formula is C15H28N2OS. The van der Waals surface area contributed by atoms with Gasteiger partial charge in [0.05, 0.1) is 0 Å². The van der Waals surface area contributed by atoms with Crippen molar-refractivity contribution in [3.8, 4) is 0 Å². The number of hydrogen-bond acceptors (Lipinski definition) is 3. The van der Waals surface area contributed by atoms with Gasteiger partial charge in [-0.1, -0.05) is 6.42 Å². The van der Waals surface area contributed by atoms with Crippen LogP contribution in [0.15, 0.2) is 0 Å². The van der Waals surface area contributed by atoms with Gasteiger partial charge in [-0.15, -0.1) is 0 Å². The van der Waals surface area contributed by atoms with Gasteiger partial charge in [0.2, 0.25) is 5.91 Å².